The highest BCUT2D eigenvalue weighted by molar-refractivity contribution is 5.82. The Hall–Kier alpha value is -5.32. The first kappa shape index (κ1) is 47.7. The molecule has 1 rings (SSSR count). The van der Waals surface area contributed by atoms with Gasteiger partial charge in [0.2, 0.25) is 0 Å². The predicted octanol–water partition coefficient (Wildman–Crippen LogP) is 3.26. The van der Waals surface area contributed by atoms with E-state index in [0.29, 0.717) is 32.1 Å². The van der Waals surface area contributed by atoms with Gasteiger partial charge in [-0.2, -0.15) is 0 Å². The summed E-state index contributed by atoms with van der Waals surface area (Å²) in [6.45, 7) is 12.7. The van der Waals surface area contributed by atoms with E-state index < -0.39 is 78.8 Å². The van der Waals surface area contributed by atoms with Crippen LogP contribution in [0.25, 0.3) is 0 Å². The third-order valence-corrected chi connectivity index (χ3v) is 7.50. The van der Waals surface area contributed by atoms with Gasteiger partial charge in [0.1, 0.15) is 12.7 Å². The summed E-state index contributed by atoms with van der Waals surface area (Å²) in [4.78, 5) is 96.7. The number of carbonyl (C=O) groups is 8. The second-order valence-corrected chi connectivity index (χ2v) is 11.8. The maximum atomic E-state index is 13.1. The SMILES string of the molecule is C=CC(=O)OCCCCC(=O)OCC1OC[C@@H](OC(=O)CCCCOC(=O)C=C)[C@H](OC(=O)CCCCOC(=O)C=C)[C@H]1OC(=O)CCCCOC(=O)C=C. The summed E-state index contributed by atoms with van der Waals surface area (Å²) >= 11 is 0. The summed E-state index contributed by atoms with van der Waals surface area (Å²) < 4.78 is 48.1. The summed E-state index contributed by atoms with van der Waals surface area (Å²) in [5.74, 6) is -5.25. The number of rotatable bonds is 29. The summed E-state index contributed by atoms with van der Waals surface area (Å²) in [6, 6.07) is 0. The van der Waals surface area contributed by atoms with E-state index in [1.54, 1.807) is 0 Å². The Bertz CT molecular complexity index is 1320. The molecule has 0 spiro atoms. The molecule has 0 aromatic heterocycles. The van der Waals surface area contributed by atoms with Crippen LogP contribution in [0.2, 0.25) is 0 Å². The van der Waals surface area contributed by atoms with Gasteiger partial charge >= 0.3 is 47.8 Å². The molecular weight excluding hydrogens is 728 g/mol. The third-order valence-electron chi connectivity index (χ3n) is 7.50. The van der Waals surface area contributed by atoms with E-state index in [-0.39, 0.29) is 78.0 Å². The second-order valence-electron chi connectivity index (χ2n) is 11.8. The summed E-state index contributed by atoms with van der Waals surface area (Å²) in [5.41, 5.74) is 0. The Morgan fingerprint density at radius 3 is 1.18 bits per heavy atom. The third kappa shape index (κ3) is 22.5. The second kappa shape index (κ2) is 29.1. The lowest BCUT2D eigenvalue weighted by molar-refractivity contribution is -0.233. The van der Waals surface area contributed by atoms with Crippen LogP contribution in [0.3, 0.4) is 0 Å². The largest absolute Gasteiger partial charge is 0.463 e. The van der Waals surface area contributed by atoms with Crippen LogP contribution in [0.1, 0.15) is 77.0 Å². The van der Waals surface area contributed by atoms with Gasteiger partial charge in [-0.15, -0.1) is 0 Å². The van der Waals surface area contributed by atoms with Gasteiger partial charge in [0.15, 0.2) is 18.3 Å². The lowest BCUT2D eigenvalue weighted by Crippen LogP contribution is -2.59. The molecule has 4 atom stereocenters. The van der Waals surface area contributed by atoms with Crippen molar-refractivity contribution in [3.63, 3.8) is 0 Å². The molecule has 1 aliphatic heterocycles. The van der Waals surface area contributed by atoms with Crippen molar-refractivity contribution in [3.05, 3.63) is 50.6 Å². The molecule has 1 heterocycles. The van der Waals surface area contributed by atoms with E-state index >= 15 is 0 Å². The van der Waals surface area contributed by atoms with Gasteiger partial charge in [-0.05, 0) is 51.4 Å². The standard InChI is InChI=1S/C38H52O17/c1-5-29(39)47-21-13-9-17-33(43)52-25-27-37(54-35(45)19-11-15-23-49-31(41)7-3)38(55-36(46)20-12-16-24-50-32(42)8-4)28(26-51-27)53-34(44)18-10-14-22-48-30(40)6-2/h5-8,27-28,37-38H,1-4,9-26H2/t27?,28-,37+,38+/m1/s1. The average Bonchev–Trinajstić information content (AvgIpc) is 3.17. The Morgan fingerprint density at radius 2 is 0.800 bits per heavy atom. The molecule has 0 saturated carbocycles. The molecule has 1 saturated heterocycles. The Balaban J connectivity index is 3.09. The van der Waals surface area contributed by atoms with Crippen molar-refractivity contribution in [2.45, 2.75) is 101 Å². The first-order chi connectivity index (χ1) is 26.4. The highest BCUT2D eigenvalue weighted by atomic mass is 16.7. The zero-order valence-electron chi connectivity index (χ0n) is 31.1. The molecule has 55 heavy (non-hydrogen) atoms. The lowest BCUT2D eigenvalue weighted by atomic mass is 9.99. The zero-order valence-corrected chi connectivity index (χ0v) is 31.1. The van der Waals surface area contributed by atoms with Crippen molar-refractivity contribution >= 4 is 47.8 Å². The van der Waals surface area contributed by atoms with Gasteiger partial charge in [0, 0.05) is 50.0 Å². The first-order valence-corrected chi connectivity index (χ1v) is 18.0. The maximum Gasteiger partial charge on any atom is 0.330 e. The molecule has 1 aliphatic rings. The molecule has 306 valence electrons. The van der Waals surface area contributed by atoms with Crippen LogP contribution in [-0.4, -0.2) is 112 Å². The van der Waals surface area contributed by atoms with E-state index in [1.165, 1.54) is 0 Å². The van der Waals surface area contributed by atoms with E-state index in [0.717, 1.165) is 24.3 Å². The van der Waals surface area contributed by atoms with Crippen LogP contribution in [0, 0.1) is 0 Å². The molecular formula is C38H52O17. The molecule has 0 N–H and O–H groups in total. The highest BCUT2D eigenvalue weighted by Gasteiger charge is 2.48. The lowest BCUT2D eigenvalue weighted by Gasteiger charge is -2.40. The van der Waals surface area contributed by atoms with E-state index in [2.05, 4.69) is 26.3 Å². The molecule has 0 aliphatic carbocycles. The minimum absolute atomic E-state index is 0.0294. The normalized spacial score (nSPS) is 17.2. The fourth-order valence-electron chi connectivity index (χ4n) is 4.67. The van der Waals surface area contributed by atoms with E-state index in [9.17, 15) is 38.4 Å². The number of unbranched alkanes of at least 4 members (excludes halogenated alkanes) is 4. The van der Waals surface area contributed by atoms with Crippen LogP contribution in [0.5, 0.6) is 0 Å². The van der Waals surface area contributed by atoms with Gasteiger partial charge in [-0.3, -0.25) is 19.2 Å². The molecule has 1 fully saturated rings. The monoisotopic (exact) mass is 780 g/mol. The van der Waals surface area contributed by atoms with Gasteiger partial charge in [-0.25, -0.2) is 19.2 Å². The molecule has 17 heteroatoms. The quantitative estimate of drug-likeness (QED) is 0.0460. The fourth-order valence-corrected chi connectivity index (χ4v) is 4.67. The van der Waals surface area contributed by atoms with E-state index in [4.69, 9.17) is 42.6 Å². The summed E-state index contributed by atoms with van der Waals surface area (Å²) in [5, 5.41) is 0. The molecule has 0 bridgehead atoms. The topological polar surface area (TPSA) is 220 Å². The Kier molecular flexibility index (Phi) is 25.2. The van der Waals surface area contributed by atoms with E-state index in [1.807, 2.05) is 0 Å². The zero-order chi connectivity index (χ0) is 40.8. The molecule has 0 aromatic rings. The Labute approximate surface area is 320 Å². The molecule has 0 aromatic carbocycles. The van der Waals surface area contributed by atoms with Crippen LogP contribution in [0.4, 0.5) is 0 Å². The van der Waals surface area contributed by atoms with Gasteiger partial charge < -0.3 is 42.6 Å². The van der Waals surface area contributed by atoms with Crippen molar-refractivity contribution in [2.75, 3.05) is 39.6 Å². The molecule has 17 nitrogen and oxygen atoms in total. The number of ether oxygens (including phenoxy) is 9. The molecule has 1 unspecified atom stereocenters. The summed E-state index contributed by atoms with van der Waals surface area (Å²) in [6.07, 6.45) is 0.925. The fraction of sp³-hybridized carbons (Fsp3) is 0.579. The van der Waals surface area contributed by atoms with Crippen LogP contribution in [-0.2, 0) is 81.0 Å². The number of carbonyl (C=O) groups excluding carboxylic acids is 8. The van der Waals surface area contributed by atoms with Gasteiger partial charge in [0.05, 0.1) is 33.0 Å². The van der Waals surface area contributed by atoms with Gasteiger partial charge in [0.25, 0.3) is 0 Å². The number of hydrogen-bond donors (Lipinski definition) is 0. The smallest absolute Gasteiger partial charge is 0.330 e. The number of esters is 8. The predicted molar refractivity (Wildman–Crippen MR) is 190 cm³/mol. The van der Waals surface area contributed by atoms with Crippen molar-refractivity contribution < 1.29 is 81.0 Å². The van der Waals surface area contributed by atoms with Gasteiger partial charge in [-0.1, -0.05) is 26.3 Å². The van der Waals surface area contributed by atoms with Crippen molar-refractivity contribution in [2.24, 2.45) is 0 Å². The van der Waals surface area contributed by atoms with Crippen LogP contribution < -0.4 is 0 Å². The number of hydrogen-bond acceptors (Lipinski definition) is 17. The van der Waals surface area contributed by atoms with Crippen molar-refractivity contribution in [1.29, 1.82) is 0 Å². The average molecular weight is 781 g/mol. The molecule has 0 amide bonds. The minimum atomic E-state index is -1.40. The maximum absolute atomic E-state index is 13.1. The Morgan fingerprint density at radius 1 is 0.455 bits per heavy atom. The highest BCUT2D eigenvalue weighted by Crippen LogP contribution is 2.26. The van der Waals surface area contributed by atoms with Crippen molar-refractivity contribution in [1.82, 2.24) is 0 Å². The van der Waals surface area contributed by atoms with Crippen LogP contribution in [0.15, 0.2) is 50.6 Å². The van der Waals surface area contributed by atoms with Crippen LogP contribution >= 0.6 is 0 Å². The molecule has 0 radical (unpaired) electrons. The van der Waals surface area contributed by atoms with Crippen molar-refractivity contribution in [3.8, 4) is 0 Å². The minimum Gasteiger partial charge on any atom is -0.463 e. The summed E-state index contributed by atoms with van der Waals surface area (Å²) in [7, 11) is 0. The first-order valence-electron chi connectivity index (χ1n) is 18.0.